The van der Waals surface area contributed by atoms with Gasteiger partial charge in [0.2, 0.25) is 11.8 Å². The summed E-state index contributed by atoms with van der Waals surface area (Å²) >= 11 is 0. The van der Waals surface area contributed by atoms with Gasteiger partial charge in [0.15, 0.2) is 0 Å². The molecule has 116 valence electrons. The molecule has 3 aromatic rings. The Bertz CT molecular complexity index is 872. The molecule has 0 aliphatic heterocycles. The molecule has 0 saturated heterocycles. The third-order valence-corrected chi connectivity index (χ3v) is 2.94. The first-order chi connectivity index (χ1) is 11.1. The van der Waals surface area contributed by atoms with Crippen molar-refractivity contribution >= 4 is 11.6 Å². The Morgan fingerprint density at radius 3 is 2.74 bits per heavy atom. The van der Waals surface area contributed by atoms with Crippen LogP contribution in [-0.2, 0) is 11.3 Å². The number of pyridine rings is 1. The molecule has 23 heavy (non-hydrogen) atoms. The Kier molecular flexibility index (Phi) is 3.96. The van der Waals surface area contributed by atoms with Gasteiger partial charge in [-0.05, 0) is 36.4 Å². The molecule has 0 fully saturated rings. The van der Waals surface area contributed by atoms with E-state index in [4.69, 9.17) is 4.42 Å². The standard InChI is InChI=1S/C15H11FN4O3/c16-11-5-3-10(4-6-11)14-19-20(15(22)23-14)9-13(21)18-12-2-1-7-17-8-12/h1-8H,9H2,(H,18,21). The van der Waals surface area contributed by atoms with E-state index in [1.807, 2.05) is 0 Å². The molecule has 7 nitrogen and oxygen atoms in total. The third-order valence-electron chi connectivity index (χ3n) is 2.94. The number of benzene rings is 1. The first kappa shape index (κ1) is 14.6. The largest absolute Gasteiger partial charge is 0.437 e. The number of hydrogen-bond acceptors (Lipinski definition) is 5. The Morgan fingerprint density at radius 2 is 2.04 bits per heavy atom. The van der Waals surface area contributed by atoms with Crippen molar-refractivity contribution in [1.29, 1.82) is 0 Å². The monoisotopic (exact) mass is 314 g/mol. The molecular formula is C15H11FN4O3. The number of hydrogen-bond donors (Lipinski definition) is 1. The number of rotatable bonds is 4. The van der Waals surface area contributed by atoms with Gasteiger partial charge in [-0.1, -0.05) is 0 Å². The zero-order valence-corrected chi connectivity index (χ0v) is 11.8. The topological polar surface area (TPSA) is 90.0 Å². The molecular weight excluding hydrogens is 303 g/mol. The van der Waals surface area contributed by atoms with Gasteiger partial charge in [-0.3, -0.25) is 9.78 Å². The second-order valence-electron chi connectivity index (χ2n) is 4.63. The summed E-state index contributed by atoms with van der Waals surface area (Å²) < 4.78 is 18.8. The quantitative estimate of drug-likeness (QED) is 0.791. The molecule has 8 heteroatoms. The minimum absolute atomic E-state index is 0.0178. The smallest absolute Gasteiger partial charge is 0.388 e. The van der Waals surface area contributed by atoms with E-state index in [0.29, 0.717) is 11.3 Å². The Morgan fingerprint density at radius 1 is 1.26 bits per heavy atom. The van der Waals surface area contributed by atoms with Gasteiger partial charge in [0.1, 0.15) is 12.4 Å². The van der Waals surface area contributed by atoms with E-state index in [2.05, 4.69) is 15.4 Å². The fraction of sp³-hybridized carbons (Fsp3) is 0.0667. The first-order valence-electron chi connectivity index (χ1n) is 6.65. The van der Waals surface area contributed by atoms with Crippen LogP contribution in [0.15, 0.2) is 58.0 Å². The summed E-state index contributed by atoms with van der Waals surface area (Å²) in [6, 6.07) is 8.65. The lowest BCUT2D eigenvalue weighted by atomic mass is 10.2. The predicted molar refractivity (Wildman–Crippen MR) is 79.0 cm³/mol. The molecule has 1 amide bonds. The number of halogens is 1. The van der Waals surface area contributed by atoms with Crippen molar-refractivity contribution < 1.29 is 13.6 Å². The average molecular weight is 314 g/mol. The average Bonchev–Trinajstić information content (AvgIpc) is 2.90. The molecule has 0 atom stereocenters. The molecule has 0 saturated carbocycles. The molecule has 0 radical (unpaired) electrons. The molecule has 2 aromatic heterocycles. The van der Waals surface area contributed by atoms with Crippen molar-refractivity contribution in [1.82, 2.24) is 14.8 Å². The van der Waals surface area contributed by atoms with E-state index in [1.54, 1.807) is 18.3 Å². The fourth-order valence-electron chi connectivity index (χ4n) is 1.89. The highest BCUT2D eigenvalue weighted by Gasteiger charge is 2.13. The maximum Gasteiger partial charge on any atom is 0.437 e. The second-order valence-corrected chi connectivity index (χ2v) is 4.63. The number of nitrogens with zero attached hydrogens (tertiary/aromatic N) is 3. The Hall–Kier alpha value is -3.29. The van der Waals surface area contributed by atoms with Gasteiger partial charge in [-0.2, -0.15) is 4.68 Å². The number of amides is 1. The zero-order valence-electron chi connectivity index (χ0n) is 11.8. The van der Waals surface area contributed by atoms with Crippen LogP contribution in [-0.4, -0.2) is 20.7 Å². The summed E-state index contributed by atoms with van der Waals surface area (Å²) in [5, 5.41) is 6.51. The van der Waals surface area contributed by atoms with Crippen LogP contribution in [0.25, 0.3) is 11.5 Å². The van der Waals surface area contributed by atoms with Crippen LogP contribution in [0.1, 0.15) is 0 Å². The highest BCUT2D eigenvalue weighted by atomic mass is 19.1. The van der Waals surface area contributed by atoms with Crippen molar-refractivity contribution in [3.63, 3.8) is 0 Å². The summed E-state index contributed by atoms with van der Waals surface area (Å²) in [5.74, 6) is -1.61. The number of carbonyl (C=O) groups excluding carboxylic acids is 1. The number of anilines is 1. The van der Waals surface area contributed by atoms with Crippen LogP contribution in [0.5, 0.6) is 0 Å². The second kappa shape index (κ2) is 6.22. The molecule has 0 spiro atoms. The van der Waals surface area contributed by atoms with Crippen molar-refractivity contribution in [2.24, 2.45) is 0 Å². The molecule has 1 N–H and O–H groups in total. The van der Waals surface area contributed by atoms with E-state index >= 15 is 0 Å². The van der Waals surface area contributed by atoms with Gasteiger partial charge in [0.25, 0.3) is 0 Å². The van der Waals surface area contributed by atoms with Gasteiger partial charge in [0.05, 0.1) is 11.9 Å². The van der Waals surface area contributed by atoms with E-state index in [9.17, 15) is 14.0 Å². The lowest BCUT2D eigenvalue weighted by Gasteiger charge is -2.02. The summed E-state index contributed by atoms with van der Waals surface area (Å²) in [5.41, 5.74) is 0.947. The molecule has 3 rings (SSSR count). The van der Waals surface area contributed by atoms with Gasteiger partial charge in [0, 0.05) is 11.8 Å². The molecule has 0 aliphatic rings. The van der Waals surface area contributed by atoms with E-state index < -0.39 is 17.5 Å². The minimum Gasteiger partial charge on any atom is -0.388 e. The lowest BCUT2D eigenvalue weighted by molar-refractivity contribution is -0.117. The van der Waals surface area contributed by atoms with E-state index in [0.717, 1.165) is 4.68 Å². The SMILES string of the molecule is O=C(Cn1nc(-c2ccc(F)cc2)oc1=O)Nc1cccnc1. The maximum atomic E-state index is 12.9. The lowest BCUT2D eigenvalue weighted by Crippen LogP contribution is -2.25. The summed E-state index contributed by atoms with van der Waals surface area (Å²) in [4.78, 5) is 27.5. The summed E-state index contributed by atoms with van der Waals surface area (Å²) in [7, 11) is 0. The summed E-state index contributed by atoms with van der Waals surface area (Å²) in [6.07, 6.45) is 3.06. The Balaban J connectivity index is 1.75. The molecule has 0 aliphatic carbocycles. The third kappa shape index (κ3) is 3.49. The number of aromatic nitrogens is 3. The van der Waals surface area contributed by atoms with Crippen LogP contribution in [0.2, 0.25) is 0 Å². The molecule has 2 heterocycles. The van der Waals surface area contributed by atoms with Gasteiger partial charge in [-0.25, -0.2) is 9.18 Å². The maximum absolute atomic E-state index is 12.9. The van der Waals surface area contributed by atoms with Gasteiger partial charge in [-0.15, -0.1) is 5.10 Å². The fourth-order valence-corrected chi connectivity index (χ4v) is 1.89. The van der Waals surface area contributed by atoms with Crippen LogP contribution < -0.4 is 11.1 Å². The van der Waals surface area contributed by atoms with Gasteiger partial charge < -0.3 is 9.73 Å². The van der Waals surface area contributed by atoms with Crippen molar-refractivity contribution in [2.45, 2.75) is 6.54 Å². The summed E-state index contributed by atoms with van der Waals surface area (Å²) in [6.45, 7) is -0.307. The highest BCUT2D eigenvalue weighted by Crippen LogP contribution is 2.15. The Labute approximate surface area is 129 Å². The predicted octanol–water partition coefficient (Wildman–Crippen LogP) is 1.68. The zero-order chi connectivity index (χ0) is 16.2. The number of nitrogens with one attached hydrogen (secondary N) is 1. The van der Waals surface area contributed by atoms with E-state index in [-0.39, 0.29) is 12.4 Å². The molecule has 1 aromatic carbocycles. The molecule has 0 bridgehead atoms. The van der Waals surface area contributed by atoms with Crippen LogP contribution in [0.4, 0.5) is 10.1 Å². The highest BCUT2D eigenvalue weighted by molar-refractivity contribution is 5.90. The van der Waals surface area contributed by atoms with Gasteiger partial charge >= 0.3 is 5.76 Å². The van der Waals surface area contributed by atoms with Crippen molar-refractivity contribution in [3.05, 3.63) is 65.2 Å². The van der Waals surface area contributed by atoms with Crippen LogP contribution >= 0.6 is 0 Å². The van der Waals surface area contributed by atoms with Crippen molar-refractivity contribution in [2.75, 3.05) is 5.32 Å². The van der Waals surface area contributed by atoms with Crippen molar-refractivity contribution in [3.8, 4) is 11.5 Å². The van der Waals surface area contributed by atoms with Crippen LogP contribution in [0, 0.1) is 5.82 Å². The normalized spacial score (nSPS) is 10.5. The number of carbonyl (C=O) groups is 1. The van der Waals surface area contributed by atoms with E-state index in [1.165, 1.54) is 30.5 Å². The molecule has 0 unspecified atom stereocenters. The minimum atomic E-state index is -0.773. The van der Waals surface area contributed by atoms with Crippen LogP contribution in [0.3, 0.4) is 0 Å². The first-order valence-corrected chi connectivity index (χ1v) is 6.65.